The van der Waals surface area contributed by atoms with Crippen molar-refractivity contribution in [1.82, 2.24) is 4.57 Å². The Morgan fingerprint density at radius 1 is 0.875 bits per heavy atom. The van der Waals surface area contributed by atoms with E-state index in [1.54, 1.807) is 12.1 Å². The van der Waals surface area contributed by atoms with E-state index in [1.165, 1.54) is 17.7 Å². The van der Waals surface area contributed by atoms with Gasteiger partial charge in [-0.3, -0.25) is 4.79 Å². The summed E-state index contributed by atoms with van der Waals surface area (Å²) in [6.45, 7) is 4.97. The maximum atomic E-state index is 13.6. The lowest BCUT2D eigenvalue weighted by atomic mass is 9.91. The maximum Gasteiger partial charge on any atom is 0.318 e. The summed E-state index contributed by atoms with van der Waals surface area (Å²) >= 11 is 0. The van der Waals surface area contributed by atoms with Gasteiger partial charge in [-0.05, 0) is 54.3 Å². The SMILES string of the molecule is Cc1cc([C@H](C(=O)OCc2ccccc2)c2ccc(F)cc2)c(C)n1Cc1ccccc1. The van der Waals surface area contributed by atoms with Gasteiger partial charge in [-0.2, -0.15) is 0 Å². The number of carbonyl (C=O) groups excluding carboxylic acids is 1. The molecule has 0 saturated carbocycles. The van der Waals surface area contributed by atoms with Crippen LogP contribution in [0.15, 0.2) is 91.0 Å². The van der Waals surface area contributed by atoms with Crippen molar-refractivity contribution in [2.75, 3.05) is 0 Å². The molecule has 0 aliphatic carbocycles. The molecule has 0 fully saturated rings. The van der Waals surface area contributed by atoms with Gasteiger partial charge < -0.3 is 9.30 Å². The van der Waals surface area contributed by atoms with Crippen LogP contribution >= 0.6 is 0 Å². The Bertz CT molecular complexity index is 1180. The number of aromatic nitrogens is 1. The summed E-state index contributed by atoms with van der Waals surface area (Å²) in [6, 6.07) is 27.9. The summed E-state index contributed by atoms with van der Waals surface area (Å²) in [5.41, 5.74) is 5.76. The minimum Gasteiger partial charge on any atom is -0.460 e. The summed E-state index contributed by atoms with van der Waals surface area (Å²) < 4.78 is 21.5. The lowest BCUT2D eigenvalue weighted by Gasteiger charge is -2.18. The first-order valence-electron chi connectivity index (χ1n) is 10.7. The summed E-state index contributed by atoms with van der Waals surface area (Å²) in [6.07, 6.45) is 0. The summed E-state index contributed by atoms with van der Waals surface area (Å²) in [5, 5.41) is 0. The van der Waals surface area contributed by atoms with Gasteiger partial charge in [-0.25, -0.2) is 4.39 Å². The molecule has 0 radical (unpaired) electrons. The zero-order valence-corrected chi connectivity index (χ0v) is 18.3. The molecule has 1 atom stereocenters. The van der Waals surface area contributed by atoms with Crippen LogP contribution in [0.5, 0.6) is 0 Å². The summed E-state index contributed by atoms with van der Waals surface area (Å²) in [7, 11) is 0. The highest BCUT2D eigenvalue weighted by atomic mass is 19.1. The number of benzene rings is 3. The van der Waals surface area contributed by atoms with Gasteiger partial charge in [0.25, 0.3) is 0 Å². The monoisotopic (exact) mass is 427 g/mol. The fourth-order valence-corrected chi connectivity index (χ4v) is 4.04. The molecule has 0 aliphatic rings. The summed E-state index contributed by atoms with van der Waals surface area (Å²) in [4.78, 5) is 13.3. The molecule has 0 spiro atoms. The van der Waals surface area contributed by atoms with Crippen molar-refractivity contribution in [3.05, 3.63) is 130 Å². The average Bonchev–Trinajstić information content (AvgIpc) is 3.08. The predicted molar refractivity (Wildman–Crippen MR) is 124 cm³/mol. The molecule has 4 rings (SSSR count). The molecule has 0 aliphatic heterocycles. The Morgan fingerprint density at radius 2 is 1.47 bits per heavy atom. The highest BCUT2D eigenvalue weighted by Crippen LogP contribution is 2.32. The topological polar surface area (TPSA) is 31.2 Å². The van der Waals surface area contributed by atoms with E-state index >= 15 is 0 Å². The number of hydrogen-bond acceptors (Lipinski definition) is 2. The van der Waals surface area contributed by atoms with Crippen LogP contribution in [0.4, 0.5) is 4.39 Å². The molecule has 0 saturated heterocycles. The number of ether oxygens (including phenoxy) is 1. The van der Waals surface area contributed by atoms with Gasteiger partial charge in [0.05, 0.1) is 0 Å². The van der Waals surface area contributed by atoms with Crippen molar-refractivity contribution in [3.63, 3.8) is 0 Å². The molecular weight excluding hydrogens is 401 g/mol. The first kappa shape index (κ1) is 21.6. The van der Waals surface area contributed by atoms with Crippen LogP contribution in [-0.4, -0.2) is 10.5 Å². The van der Waals surface area contributed by atoms with E-state index < -0.39 is 5.92 Å². The van der Waals surface area contributed by atoms with E-state index in [4.69, 9.17) is 4.74 Å². The van der Waals surface area contributed by atoms with E-state index in [-0.39, 0.29) is 18.4 Å². The van der Waals surface area contributed by atoms with Crippen LogP contribution in [0.1, 0.15) is 39.6 Å². The standard InChI is InChI=1S/C28H26FNO2/c1-20-17-26(21(2)30(20)18-22-9-5-3-6-10-22)27(24-13-15-25(29)16-14-24)28(31)32-19-23-11-7-4-8-12-23/h3-17,27H,18-19H2,1-2H3/t27-/m1/s1. The van der Waals surface area contributed by atoms with E-state index in [2.05, 4.69) is 16.7 Å². The van der Waals surface area contributed by atoms with Gasteiger partial charge in [-0.15, -0.1) is 0 Å². The molecule has 4 heteroatoms. The molecule has 32 heavy (non-hydrogen) atoms. The van der Waals surface area contributed by atoms with Gasteiger partial charge in [0, 0.05) is 17.9 Å². The van der Waals surface area contributed by atoms with Crippen LogP contribution in [0, 0.1) is 19.7 Å². The van der Waals surface area contributed by atoms with E-state index in [0.29, 0.717) is 12.1 Å². The number of nitrogens with zero attached hydrogens (tertiary/aromatic N) is 1. The lowest BCUT2D eigenvalue weighted by Crippen LogP contribution is -2.18. The molecule has 1 aromatic heterocycles. The van der Waals surface area contributed by atoms with Gasteiger partial charge in [-0.1, -0.05) is 72.8 Å². The third-order valence-electron chi connectivity index (χ3n) is 5.77. The van der Waals surface area contributed by atoms with Crippen molar-refractivity contribution in [2.24, 2.45) is 0 Å². The third kappa shape index (κ3) is 4.80. The normalized spacial score (nSPS) is 11.8. The largest absolute Gasteiger partial charge is 0.460 e. The molecule has 1 heterocycles. The quantitative estimate of drug-likeness (QED) is 0.330. The second-order valence-electron chi connectivity index (χ2n) is 7.98. The minimum absolute atomic E-state index is 0.195. The number of rotatable bonds is 7. The number of aryl methyl sites for hydroxylation is 1. The highest BCUT2D eigenvalue weighted by Gasteiger charge is 2.28. The maximum absolute atomic E-state index is 13.6. The van der Waals surface area contributed by atoms with E-state index in [1.807, 2.05) is 68.4 Å². The second-order valence-corrected chi connectivity index (χ2v) is 7.98. The summed E-state index contributed by atoms with van der Waals surface area (Å²) in [5.74, 6) is -1.31. The average molecular weight is 428 g/mol. The van der Waals surface area contributed by atoms with Crippen molar-refractivity contribution in [1.29, 1.82) is 0 Å². The van der Waals surface area contributed by atoms with Crippen LogP contribution in [0.25, 0.3) is 0 Å². The van der Waals surface area contributed by atoms with Crippen molar-refractivity contribution in [2.45, 2.75) is 32.9 Å². The molecule has 0 unspecified atom stereocenters. The van der Waals surface area contributed by atoms with E-state index in [9.17, 15) is 9.18 Å². The molecule has 0 amide bonds. The molecule has 3 aromatic carbocycles. The number of carbonyl (C=O) groups is 1. The fraction of sp³-hybridized carbons (Fsp3) is 0.179. The zero-order valence-electron chi connectivity index (χ0n) is 18.3. The molecular formula is C28H26FNO2. The van der Waals surface area contributed by atoms with Gasteiger partial charge in [0.15, 0.2) is 0 Å². The Labute approximate surface area is 188 Å². The number of halogens is 1. The third-order valence-corrected chi connectivity index (χ3v) is 5.77. The van der Waals surface area contributed by atoms with Crippen LogP contribution in [0.3, 0.4) is 0 Å². The zero-order chi connectivity index (χ0) is 22.5. The van der Waals surface area contributed by atoms with Crippen molar-refractivity contribution in [3.8, 4) is 0 Å². The first-order valence-corrected chi connectivity index (χ1v) is 10.7. The Hall–Kier alpha value is -3.66. The van der Waals surface area contributed by atoms with E-state index in [0.717, 1.165) is 22.5 Å². The first-order chi connectivity index (χ1) is 15.5. The van der Waals surface area contributed by atoms with Gasteiger partial charge in [0.2, 0.25) is 0 Å². The molecule has 3 nitrogen and oxygen atoms in total. The predicted octanol–water partition coefficient (Wildman–Crippen LogP) is 6.17. The minimum atomic E-state index is -0.630. The molecule has 0 bridgehead atoms. The Balaban J connectivity index is 1.67. The fourth-order valence-electron chi connectivity index (χ4n) is 4.04. The van der Waals surface area contributed by atoms with Crippen molar-refractivity contribution >= 4 is 5.97 Å². The highest BCUT2D eigenvalue weighted by molar-refractivity contribution is 5.82. The Morgan fingerprint density at radius 3 is 2.09 bits per heavy atom. The van der Waals surface area contributed by atoms with Crippen LogP contribution < -0.4 is 0 Å². The molecule has 162 valence electrons. The number of esters is 1. The van der Waals surface area contributed by atoms with Gasteiger partial charge >= 0.3 is 5.97 Å². The lowest BCUT2D eigenvalue weighted by molar-refractivity contribution is -0.145. The molecule has 4 aromatic rings. The van der Waals surface area contributed by atoms with Gasteiger partial charge in [0.1, 0.15) is 18.3 Å². The molecule has 0 N–H and O–H groups in total. The second kappa shape index (κ2) is 9.65. The van der Waals surface area contributed by atoms with Crippen LogP contribution in [-0.2, 0) is 22.7 Å². The smallest absolute Gasteiger partial charge is 0.318 e. The van der Waals surface area contributed by atoms with Crippen molar-refractivity contribution < 1.29 is 13.9 Å². The Kier molecular flexibility index (Phi) is 6.50. The van der Waals surface area contributed by atoms with Crippen LogP contribution in [0.2, 0.25) is 0 Å². The number of hydrogen-bond donors (Lipinski definition) is 0.